The molecule has 8 aromatic carbocycles. The van der Waals surface area contributed by atoms with Crippen LogP contribution in [-0.4, -0.2) is 19.5 Å². The monoisotopic (exact) mass is 716 g/mol. The van der Waals surface area contributed by atoms with E-state index in [0.717, 1.165) is 72.1 Å². The highest BCUT2D eigenvalue weighted by molar-refractivity contribution is 6.17. The van der Waals surface area contributed by atoms with Crippen molar-refractivity contribution in [1.29, 1.82) is 0 Å². The van der Waals surface area contributed by atoms with Gasteiger partial charge in [-0.15, -0.1) is 0 Å². The van der Waals surface area contributed by atoms with Crippen LogP contribution in [0.2, 0.25) is 0 Å². The maximum absolute atomic E-state index is 6.49. The van der Waals surface area contributed by atoms with E-state index in [0.29, 0.717) is 17.5 Å². The van der Waals surface area contributed by atoms with E-state index < -0.39 is 0 Å². The van der Waals surface area contributed by atoms with Crippen molar-refractivity contribution in [2.75, 3.05) is 0 Å². The molecule has 0 saturated heterocycles. The lowest BCUT2D eigenvalue weighted by Crippen LogP contribution is -2.00. The van der Waals surface area contributed by atoms with Gasteiger partial charge >= 0.3 is 0 Å². The minimum atomic E-state index is 0.625. The average Bonchev–Trinajstić information content (AvgIpc) is 3.80. The summed E-state index contributed by atoms with van der Waals surface area (Å²) in [5.74, 6) is 1.89. The highest BCUT2D eigenvalue weighted by Gasteiger charge is 2.18. The smallest absolute Gasteiger partial charge is 0.164 e. The van der Waals surface area contributed by atoms with Crippen LogP contribution in [0, 0.1) is 0 Å². The van der Waals surface area contributed by atoms with E-state index in [2.05, 4.69) is 162 Å². The largest absolute Gasteiger partial charge is 0.456 e. The first-order valence-electron chi connectivity index (χ1n) is 18.8. The zero-order chi connectivity index (χ0) is 37.0. The molecule has 262 valence electrons. The van der Waals surface area contributed by atoms with Gasteiger partial charge in [-0.3, -0.25) is 0 Å². The zero-order valence-corrected chi connectivity index (χ0v) is 30.2. The molecule has 0 bridgehead atoms. The molecule has 5 heteroatoms. The van der Waals surface area contributed by atoms with Crippen LogP contribution in [-0.2, 0) is 0 Å². The lowest BCUT2D eigenvalue weighted by atomic mass is 10.0. The van der Waals surface area contributed by atoms with Gasteiger partial charge in [-0.1, -0.05) is 146 Å². The first-order chi connectivity index (χ1) is 27.7. The van der Waals surface area contributed by atoms with Gasteiger partial charge in [0.05, 0.1) is 11.0 Å². The number of hydrogen-bond acceptors (Lipinski definition) is 4. The summed E-state index contributed by atoms with van der Waals surface area (Å²) in [5, 5.41) is 4.55. The molecular formula is C51H32N4O. The third-order valence-electron chi connectivity index (χ3n) is 10.6. The molecule has 0 aliphatic carbocycles. The lowest BCUT2D eigenvalue weighted by molar-refractivity contribution is 0.669. The highest BCUT2D eigenvalue weighted by Crippen LogP contribution is 2.39. The minimum absolute atomic E-state index is 0.625. The van der Waals surface area contributed by atoms with E-state index in [1.165, 1.54) is 16.3 Å². The Morgan fingerprint density at radius 3 is 1.57 bits per heavy atom. The van der Waals surface area contributed by atoms with E-state index in [1.807, 2.05) is 36.4 Å². The molecule has 0 spiro atoms. The summed E-state index contributed by atoms with van der Waals surface area (Å²) >= 11 is 0. The average molecular weight is 717 g/mol. The quantitative estimate of drug-likeness (QED) is 0.172. The van der Waals surface area contributed by atoms with Crippen molar-refractivity contribution in [2.45, 2.75) is 0 Å². The summed E-state index contributed by atoms with van der Waals surface area (Å²) in [6.45, 7) is 0. The molecule has 0 atom stereocenters. The van der Waals surface area contributed by atoms with Crippen LogP contribution in [0.3, 0.4) is 0 Å². The summed E-state index contributed by atoms with van der Waals surface area (Å²) < 4.78 is 8.84. The van der Waals surface area contributed by atoms with Gasteiger partial charge in [0.2, 0.25) is 0 Å². The molecule has 0 unspecified atom stereocenters. The summed E-state index contributed by atoms with van der Waals surface area (Å²) in [4.78, 5) is 15.0. The van der Waals surface area contributed by atoms with Gasteiger partial charge in [-0.05, 0) is 70.8 Å². The summed E-state index contributed by atoms with van der Waals surface area (Å²) in [5.41, 5.74) is 12.5. The van der Waals surface area contributed by atoms with Gasteiger partial charge in [0.25, 0.3) is 0 Å². The third-order valence-corrected chi connectivity index (χ3v) is 10.6. The number of furan rings is 1. The molecule has 3 aromatic heterocycles. The van der Waals surface area contributed by atoms with Crippen molar-refractivity contribution in [3.63, 3.8) is 0 Å². The van der Waals surface area contributed by atoms with Crippen LogP contribution in [0.5, 0.6) is 0 Å². The number of benzene rings is 8. The number of fused-ring (bicyclic) bond motifs is 6. The van der Waals surface area contributed by atoms with Crippen molar-refractivity contribution < 1.29 is 4.42 Å². The van der Waals surface area contributed by atoms with Crippen molar-refractivity contribution in [1.82, 2.24) is 19.5 Å². The molecular weight excluding hydrogens is 685 g/mol. The molecule has 11 aromatic rings. The van der Waals surface area contributed by atoms with Gasteiger partial charge in [-0.2, -0.15) is 0 Å². The summed E-state index contributed by atoms with van der Waals surface area (Å²) in [7, 11) is 0. The Hall–Kier alpha value is -7.63. The fourth-order valence-corrected chi connectivity index (χ4v) is 7.90. The standard InChI is InChI=1S/C51H32N4O/c1-4-13-33(14-5-1)37-17-12-18-39(29-37)51-53-49(35-15-6-2-7-16-35)52-50(54-51)36-25-23-34(24-26-36)38-27-28-47-43(30-38)44-31-46-42(32-48(44)56-47)41-21-10-11-22-45(41)55(46)40-19-8-3-9-20-40/h1-32H. The Kier molecular flexibility index (Phi) is 7.42. The van der Waals surface area contributed by atoms with Crippen molar-refractivity contribution in [3.05, 3.63) is 194 Å². The summed E-state index contributed by atoms with van der Waals surface area (Å²) in [6.07, 6.45) is 0. The maximum atomic E-state index is 6.49. The second kappa shape index (κ2) is 13.0. The summed E-state index contributed by atoms with van der Waals surface area (Å²) in [6, 6.07) is 67.4. The Morgan fingerprint density at radius 1 is 0.304 bits per heavy atom. The molecule has 0 aliphatic heterocycles. The van der Waals surface area contributed by atoms with Crippen LogP contribution in [0.1, 0.15) is 0 Å². The van der Waals surface area contributed by atoms with E-state index in [4.69, 9.17) is 19.4 Å². The molecule has 56 heavy (non-hydrogen) atoms. The molecule has 11 rings (SSSR count). The molecule has 0 aliphatic rings. The Bertz CT molecular complexity index is 3220. The Balaban J connectivity index is 0.995. The van der Waals surface area contributed by atoms with Gasteiger partial charge in [0.15, 0.2) is 17.5 Å². The molecule has 0 radical (unpaired) electrons. The van der Waals surface area contributed by atoms with E-state index in [9.17, 15) is 0 Å². The lowest BCUT2D eigenvalue weighted by Gasteiger charge is -2.10. The predicted molar refractivity (Wildman–Crippen MR) is 229 cm³/mol. The van der Waals surface area contributed by atoms with Gasteiger partial charge in [0.1, 0.15) is 11.2 Å². The van der Waals surface area contributed by atoms with E-state index in [-0.39, 0.29) is 0 Å². The Morgan fingerprint density at radius 2 is 0.821 bits per heavy atom. The van der Waals surface area contributed by atoms with Crippen molar-refractivity contribution in [3.8, 4) is 62.1 Å². The number of hydrogen-bond donors (Lipinski definition) is 0. The second-order valence-corrected chi connectivity index (χ2v) is 14.1. The Labute approximate surface area is 322 Å². The molecule has 0 amide bonds. The van der Waals surface area contributed by atoms with Gasteiger partial charge < -0.3 is 8.98 Å². The fraction of sp³-hybridized carbons (Fsp3) is 0. The van der Waals surface area contributed by atoms with Crippen molar-refractivity contribution in [2.24, 2.45) is 0 Å². The van der Waals surface area contributed by atoms with E-state index >= 15 is 0 Å². The van der Waals surface area contributed by atoms with Crippen LogP contribution >= 0.6 is 0 Å². The second-order valence-electron chi connectivity index (χ2n) is 14.1. The number of nitrogens with zero attached hydrogens (tertiary/aromatic N) is 4. The van der Waals surface area contributed by atoms with Crippen LogP contribution in [0.15, 0.2) is 199 Å². The normalized spacial score (nSPS) is 11.6. The SMILES string of the molecule is c1ccc(-c2cccc(-c3nc(-c4ccccc4)nc(-c4ccc(-c5ccc6oc7cc8c9ccccc9n(-c9ccccc9)c8cc7c6c5)cc4)n3)c2)cc1. The molecule has 0 saturated carbocycles. The minimum Gasteiger partial charge on any atom is -0.456 e. The van der Waals surface area contributed by atoms with Crippen molar-refractivity contribution >= 4 is 43.7 Å². The van der Waals surface area contributed by atoms with E-state index in [1.54, 1.807) is 0 Å². The van der Waals surface area contributed by atoms with Crippen LogP contribution in [0.4, 0.5) is 0 Å². The van der Waals surface area contributed by atoms with Gasteiger partial charge in [-0.25, -0.2) is 15.0 Å². The first-order valence-corrected chi connectivity index (χ1v) is 18.8. The molecule has 0 N–H and O–H groups in total. The number of aromatic nitrogens is 4. The topological polar surface area (TPSA) is 56.7 Å². The first kappa shape index (κ1) is 31.9. The highest BCUT2D eigenvalue weighted by atomic mass is 16.3. The number of rotatable bonds is 6. The molecule has 3 heterocycles. The maximum Gasteiger partial charge on any atom is 0.164 e. The zero-order valence-electron chi connectivity index (χ0n) is 30.2. The predicted octanol–water partition coefficient (Wildman–Crippen LogP) is 13.2. The molecule has 5 nitrogen and oxygen atoms in total. The number of para-hydroxylation sites is 2. The van der Waals surface area contributed by atoms with Crippen LogP contribution < -0.4 is 0 Å². The fourth-order valence-electron chi connectivity index (χ4n) is 7.90. The van der Waals surface area contributed by atoms with Gasteiger partial charge in [0, 0.05) is 43.9 Å². The van der Waals surface area contributed by atoms with Crippen LogP contribution in [0.25, 0.3) is 106 Å². The molecule has 0 fully saturated rings. The third kappa shape index (κ3) is 5.45.